The Hall–Kier alpha value is -0.0800. The third kappa shape index (κ3) is 5.87. The molecule has 1 N–H and O–H groups in total. The molecule has 1 aliphatic carbocycles. The molecule has 0 radical (unpaired) electrons. The Morgan fingerprint density at radius 3 is 2.53 bits per heavy atom. The van der Waals surface area contributed by atoms with Crippen molar-refractivity contribution in [1.29, 1.82) is 0 Å². The molecule has 0 aliphatic heterocycles. The lowest BCUT2D eigenvalue weighted by Crippen LogP contribution is -2.45. The van der Waals surface area contributed by atoms with Gasteiger partial charge in [0.05, 0.1) is 6.10 Å². The Bertz CT molecular complexity index is 209. The van der Waals surface area contributed by atoms with E-state index in [0.717, 1.165) is 25.5 Å². The largest absolute Gasteiger partial charge is 0.377 e. The highest BCUT2D eigenvalue weighted by molar-refractivity contribution is 4.84. The molecule has 17 heavy (non-hydrogen) atoms. The van der Waals surface area contributed by atoms with Crippen LogP contribution in [0.1, 0.15) is 60.3 Å². The molecule has 1 saturated carbocycles. The average Bonchev–Trinajstić information content (AvgIpc) is 2.20. The number of rotatable bonds is 5. The van der Waals surface area contributed by atoms with E-state index >= 15 is 0 Å². The van der Waals surface area contributed by atoms with Crippen LogP contribution in [0.25, 0.3) is 0 Å². The van der Waals surface area contributed by atoms with E-state index in [1.54, 1.807) is 0 Å². The molecule has 0 heterocycles. The standard InChI is InChI=1S/C15H31NO/c1-6-16-13-8-7-12(2)11-14(13)17-10-9-15(3,4)5/h12-14,16H,6-11H2,1-5H3. The summed E-state index contributed by atoms with van der Waals surface area (Å²) < 4.78 is 6.13. The highest BCUT2D eigenvalue weighted by Crippen LogP contribution is 2.27. The van der Waals surface area contributed by atoms with Crippen LogP contribution in [0.5, 0.6) is 0 Å². The van der Waals surface area contributed by atoms with Crippen molar-refractivity contribution in [3.8, 4) is 0 Å². The molecule has 0 spiro atoms. The predicted octanol–water partition coefficient (Wildman–Crippen LogP) is 3.61. The zero-order valence-corrected chi connectivity index (χ0v) is 12.4. The van der Waals surface area contributed by atoms with Crippen molar-refractivity contribution in [2.75, 3.05) is 13.2 Å². The molecule has 0 amide bonds. The van der Waals surface area contributed by atoms with E-state index in [1.165, 1.54) is 19.3 Å². The predicted molar refractivity (Wildman–Crippen MR) is 74.3 cm³/mol. The van der Waals surface area contributed by atoms with Gasteiger partial charge in [-0.05, 0) is 43.6 Å². The van der Waals surface area contributed by atoms with Crippen LogP contribution in [0.4, 0.5) is 0 Å². The SMILES string of the molecule is CCNC1CCC(C)CC1OCCC(C)(C)C. The average molecular weight is 241 g/mol. The van der Waals surface area contributed by atoms with Gasteiger partial charge in [-0.15, -0.1) is 0 Å². The van der Waals surface area contributed by atoms with Crippen molar-refractivity contribution in [3.63, 3.8) is 0 Å². The highest BCUT2D eigenvalue weighted by Gasteiger charge is 2.28. The smallest absolute Gasteiger partial charge is 0.0730 e. The normalized spacial score (nSPS) is 30.5. The van der Waals surface area contributed by atoms with Crippen LogP contribution in [-0.2, 0) is 4.74 Å². The summed E-state index contributed by atoms with van der Waals surface area (Å²) in [7, 11) is 0. The summed E-state index contributed by atoms with van der Waals surface area (Å²) in [6, 6.07) is 0.580. The van der Waals surface area contributed by atoms with E-state index in [9.17, 15) is 0 Å². The Morgan fingerprint density at radius 2 is 1.94 bits per heavy atom. The van der Waals surface area contributed by atoms with Gasteiger partial charge in [-0.25, -0.2) is 0 Å². The Kier molecular flexibility index (Phi) is 5.94. The quantitative estimate of drug-likeness (QED) is 0.794. The minimum atomic E-state index is 0.383. The molecule has 0 aromatic rings. The Morgan fingerprint density at radius 1 is 1.24 bits per heavy atom. The van der Waals surface area contributed by atoms with Gasteiger partial charge in [0, 0.05) is 12.6 Å². The van der Waals surface area contributed by atoms with Crippen LogP contribution in [0.3, 0.4) is 0 Å². The number of hydrogen-bond acceptors (Lipinski definition) is 2. The first-order valence-electron chi connectivity index (χ1n) is 7.27. The van der Waals surface area contributed by atoms with Gasteiger partial charge in [0.15, 0.2) is 0 Å². The van der Waals surface area contributed by atoms with Gasteiger partial charge in [0.2, 0.25) is 0 Å². The maximum Gasteiger partial charge on any atom is 0.0730 e. The fourth-order valence-corrected chi connectivity index (χ4v) is 2.53. The van der Waals surface area contributed by atoms with Crippen LogP contribution >= 0.6 is 0 Å². The van der Waals surface area contributed by atoms with Crippen LogP contribution in [0, 0.1) is 11.3 Å². The van der Waals surface area contributed by atoms with Crippen molar-refractivity contribution >= 4 is 0 Å². The summed E-state index contributed by atoms with van der Waals surface area (Å²) in [6.45, 7) is 13.3. The third-order valence-electron chi connectivity index (χ3n) is 3.70. The topological polar surface area (TPSA) is 21.3 Å². The Balaban J connectivity index is 2.35. The lowest BCUT2D eigenvalue weighted by molar-refractivity contribution is -0.0162. The van der Waals surface area contributed by atoms with Crippen molar-refractivity contribution in [1.82, 2.24) is 5.32 Å². The van der Waals surface area contributed by atoms with Gasteiger partial charge in [-0.2, -0.15) is 0 Å². The lowest BCUT2D eigenvalue weighted by atomic mass is 9.85. The number of nitrogens with one attached hydrogen (secondary N) is 1. The van der Waals surface area contributed by atoms with Crippen LogP contribution in [0.2, 0.25) is 0 Å². The zero-order chi connectivity index (χ0) is 12.9. The van der Waals surface area contributed by atoms with E-state index in [0.29, 0.717) is 17.6 Å². The van der Waals surface area contributed by atoms with Gasteiger partial charge in [0.1, 0.15) is 0 Å². The summed E-state index contributed by atoms with van der Waals surface area (Å²) >= 11 is 0. The minimum absolute atomic E-state index is 0.383. The summed E-state index contributed by atoms with van der Waals surface area (Å²) in [5, 5.41) is 3.58. The highest BCUT2D eigenvalue weighted by atomic mass is 16.5. The Labute approximate surface area is 108 Å². The van der Waals surface area contributed by atoms with Gasteiger partial charge in [0.25, 0.3) is 0 Å². The van der Waals surface area contributed by atoms with Gasteiger partial charge in [-0.1, -0.05) is 34.6 Å². The molecule has 2 nitrogen and oxygen atoms in total. The summed E-state index contributed by atoms with van der Waals surface area (Å²) in [6.07, 6.45) is 5.42. The van der Waals surface area contributed by atoms with Crippen LogP contribution < -0.4 is 5.32 Å². The lowest BCUT2D eigenvalue weighted by Gasteiger charge is -2.35. The van der Waals surface area contributed by atoms with Gasteiger partial charge < -0.3 is 10.1 Å². The van der Waals surface area contributed by atoms with Crippen molar-refractivity contribution in [2.24, 2.45) is 11.3 Å². The molecular weight excluding hydrogens is 210 g/mol. The molecule has 1 rings (SSSR count). The fraction of sp³-hybridized carbons (Fsp3) is 1.00. The maximum atomic E-state index is 6.13. The maximum absolute atomic E-state index is 6.13. The molecule has 2 heteroatoms. The molecule has 0 aromatic carbocycles. The second kappa shape index (κ2) is 6.75. The van der Waals surface area contributed by atoms with Gasteiger partial charge >= 0.3 is 0 Å². The zero-order valence-electron chi connectivity index (χ0n) is 12.4. The van der Waals surface area contributed by atoms with E-state index in [4.69, 9.17) is 4.74 Å². The summed E-state index contributed by atoms with van der Waals surface area (Å²) in [5.41, 5.74) is 0.383. The molecule has 0 bridgehead atoms. The molecular formula is C15H31NO. The third-order valence-corrected chi connectivity index (χ3v) is 3.70. The first kappa shape index (κ1) is 15.0. The molecule has 1 fully saturated rings. The van der Waals surface area contributed by atoms with E-state index in [-0.39, 0.29) is 0 Å². The molecule has 0 saturated heterocycles. The second-order valence-corrected chi connectivity index (χ2v) is 6.80. The molecule has 3 atom stereocenters. The second-order valence-electron chi connectivity index (χ2n) is 6.80. The monoisotopic (exact) mass is 241 g/mol. The van der Waals surface area contributed by atoms with Crippen molar-refractivity contribution in [3.05, 3.63) is 0 Å². The molecule has 0 aromatic heterocycles. The van der Waals surface area contributed by atoms with Crippen LogP contribution in [0.15, 0.2) is 0 Å². The fourth-order valence-electron chi connectivity index (χ4n) is 2.53. The molecule has 102 valence electrons. The number of likely N-dealkylation sites (N-methyl/N-ethyl adjacent to an activating group) is 1. The summed E-state index contributed by atoms with van der Waals surface area (Å²) in [5.74, 6) is 0.824. The van der Waals surface area contributed by atoms with E-state index in [1.807, 2.05) is 0 Å². The van der Waals surface area contributed by atoms with Gasteiger partial charge in [-0.3, -0.25) is 0 Å². The number of hydrogen-bond donors (Lipinski definition) is 1. The first-order valence-corrected chi connectivity index (χ1v) is 7.27. The minimum Gasteiger partial charge on any atom is -0.377 e. The van der Waals surface area contributed by atoms with Crippen LogP contribution in [-0.4, -0.2) is 25.3 Å². The first-order chi connectivity index (χ1) is 7.92. The molecule has 3 unspecified atom stereocenters. The van der Waals surface area contributed by atoms with E-state index in [2.05, 4.69) is 39.9 Å². The van der Waals surface area contributed by atoms with Crippen molar-refractivity contribution < 1.29 is 4.74 Å². The van der Waals surface area contributed by atoms with E-state index < -0.39 is 0 Å². The van der Waals surface area contributed by atoms with Crippen molar-refractivity contribution in [2.45, 2.75) is 72.4 Å². The summed E-state index contributed by atoms with van der Waals surface area (Å²) in [4.78, 5) is 0. The molecule has 1 aliphatic rings. The number of ether oxygens (including phenoxy) is 1.